The van der Waals surface area contributed by atoms with E-state index in [2.05, 4.69) is 20.8 Å². The summed E-state index contributed by atoms with van der Waals surface area (Å²) in [6, 6.07) is 0. The van der Waals surface area contributed by atoms with E-state index in [9.17, 15) is 51.1 Å². The third-order valence-corrected chi connectivity index (χ3v) is 16.4. The van der Waals surface area contributed by atoms with Crippen LogP contribution in [0.15, 0.2) is 0 Å². The summed E-state index contributed by atoms with van der Waals surface area (Å²) in [5, 5.41) is 106. The molecule has 316 valence electrons. The first-order valence-corrected chi connectivity index (χ1v) is 20.6. The Hall–Kier alpha value is -0.640. The number of hydrogen-bond donors (Lipinski definition) is 10. The molecule has 1 spiro atoms. The fraction of sp³-hybridized carbons (Fsp3) is 1.00. The van der Waals surface area contributed by atoms with Gasteiger partial charge in [0.15, 0.2) is 18.4 Å². The van der Waals surface area contributed by atoms with Crippen molar-refractivity contribution >= 4 is 0 Å². The lowest BCUT2D eigenvalue weighted by Crippen LogP contribution is -2.65. The van der Waals surface area contributed by atoms with Crippen molar-refractivity contribution in [2.45, 2.75) is 170 Å². The van der Waals surface area contributed by atoms with E-state index in [1.807, 2.05) is 6.92 Å². The van der Waals surface area contributed by atoms with E-state index in [1.54, 1.807) is 0 Å². The first-order chi connectivity index (χ1) is 26.0. The van der Waals surface area contributed by atoms with Crippen LogP contribution in [0.5, 0.6) is 0 Å². The van der Waals surface area contributed by atoms with Gasteiger partial charge in [0, 0.05) is 11.8 Å². The van der Waals surface area contributed by atoms with Crippen molar-refractivity contribution in [3.8, 4) is 0 Å². The molecule has 0 aromatic heterocycles. The van der Waals surface area contributed by atoms with Gasteiger partial charge in [0.1, 0.15) is 54.9 Å². The minimum absolute atomic E-state index is 0.0120. The fourth-order valence-corrected chi connectivity index (χ4v) is 13.4. The van der Waals surface area contributed by atoms with Crippen molar-refractivity contribution < 1.29 is 79.5 Å². The molecule has 0 amide bonds. The molecule has 0 radical (unpaired) electrons. The molecule has 25 unspecified atom stereocenters. The summed E-state index contributed by atoms with van der Waals surface area (Å²) >= 11 is 0. The normalized spacial score (nSPS) is 60.5. The number of rotatable bonds is 6. The van der Waals surface area contributed by atoms with Gasteiger partial charge in [0.05, 0.1) is 44.2 Å². The third kappa shape index (κ3) is 6.23. The lowest BCUT2D eigenvalue weighted by atomic mass is 9.43. The number of hydrogen-bond acceptors (Lipinski definition) is 16. The number of ether oxygens (including phenoxy) is 6. The maximum absolute atomic E-state index is 12.1. The second-order valence-electron chi connectivity index (χ2n) is 19.0. The Labute approximate surface area is 321 Å². The summed E-state index contributed by atoms with van der Waals surface area (Å²) in [6.07, 6.45) is -12.4. The smallest absolute Gasteiger partial charge is 0.200 e. The van der Waals surface area contributed by atoms with E-state index in [-0.39, 0.29) is 59.0 Å². The van der Waals surface area contributed by atoms with Gasteiger partial charge in [-0.15, -0.1) is 0 Å². The summed E-state index contributed by atoms with van der Waals surface area (Å²) in [6.45, 7) is 7.56. The zero-order chi connectivity index (χ0) is 39.5. The van der Waals surface area contributed by atoms with Crippen molar-refractivity contribution in [2.24, 2.45) is 52.3 Å². The van der Waals surface area contributed by atoms with Crippen LogP contribution in [0.25, 0.3) is 0 Å². The summed E-state index contributed by atoms with van der Waals surface area (Å²) in [5.41, 5.74) is -0.388. The molecule has 0 aromatic carbocycles. The molecule has 8 rings (SSSR count). The Morgan fingerprint density at radius 3 is 1.87 bits per heavy atom. The summed E-state index contributed by atoms with van der Waals surface area (Å²) in [7, 11) is 0. The maximum Gasteiger partial charge on any atom is 0.200 e. The van der Waals surface area contributed by atoms with Crippen LogP contribution < -0.4 is 0 Å². The highest BCUT2D eigenvalue weighted by atomic mass is 16.7. The molecule has 4 saturated carbocycles. The molecule has 10 N–H and O–H groups in total. The van der Waals surface area contributed by atoms with Crippen molar-refractivity contribution in [1.29, 1.82) is 0 Å². The van der Waals surface area contributed by atoms with Gasteiger partial charge >= 0.3 is 0 Å². The second-order valence-corrected chi connectivity index (χ2v) is 19.0. The van der Waals surface area contributed by atoms with E-state index < -0.39 is 105 Å². The zero-order valence-electron chi connectivity index (χ0n) is 32.2. The highest BCUT2D eigenvalue weighted by Gasteiger charge is 2.72. The van der Waals surface area contributed by atoms with Crippen LogP contribution in [-0.2, 0) is 28.4 Å². The monoisotopic (exact) mass is 788 g/mol. The summed E-state index contributed by atoms with van der Waals surface area (Å²) in [5.74, 6) is -1.31. The molecule has 16 heteroatoms. The Bertz CT molecular complexity index is 1370. The molecule has 4 aliphatic carbocycles. The largest absolute Gasteiger partial charge is 0.394 e. The molecule has 25 atom stereocenters. The molecular formula is C39H64O16. The van der Waals surface area contributed by atoms with Gasteiger partial charge in [-0.3, -0.25) is 0 Å². The van der Waals surface area contributed by atoms with E-state index in [0.29, 0.717) is 31.6 Å². The van der Waals surface area contributed by atoms with E-state index in [4.69, 9.17) is 28.4 Å². The fourth-order valence-electron chi connectivity index (χ4n) is 13.4. The first-order valence-electron chi connectivity index (χ1n) is 20.6. The molecule has 4 saturated heterocycles. The van der Waals surface area contributed by atoms with Crippen molar-refractivity contribution in [1.82, 2.24) is 0 Å². The van der Waals surface area contributed by atoms with Gasteiger partial charge < -0.3 is 79.5 Å². The van der Waals surface area contributed by atoms with Gasteiger partial charge in [-0.25, -0.2) is 0 Å². The highest BCUT2D eigenvalue weighted by molar-refractivity contribution is 5.18. The second kappa shape index (κ2) is 14.8. The van der Waals surface area contributed by atoms with Crippen LogP contribution in [0.4, 0.5) is 0 Å². The van der Waals surface area contributed by atoms with Crippen LogP contribution in [0.1, 0.15) is 72.6 Å². The third-order valence-electron chi connectivity index (χ3n) is 16.4. The summed E-state index contributed by atoms with van der Waals surface area (Å²) in [4.78, 5) is 0. The number of fused-ring (bicyclic) bond motifs is 7. The molecule has 8 fully saturated rings. The van der Waals surface area contributed by atoms with Crippen molar-refractivity contribution in [3.05, 3.63) is 0 Å². The van der Waals surface area contributed by atoms with Crippen LogP contribution >= 0.6 is 0 Å². The van der Waals surface area contributed by atoms with E-state index in [0.717, 1.165) is 19.3 Å². The molecule has 4 aliphatic heterocycles. The Morgan fingerprint density at radius 1 is 0.655 bits per heavy atom. The van der Waals surface area contributed by atoms with Crippen molar-refractivity contribution in [2.75, 3.05) is 19.8 Å². The van der Waals surface area contributed by atoms with Crippen molar-refractivity contribution in [3.63, 3.8) is 0 Å². The lowest BCUT2D eigenvalue weighted by molar-refractivity contribution is -0.374. The van der Waals surface area contributed by atoms with Gasteiger partial charge in [0.25, 0.3) is 0 Å². The minimum Gasteiger partial charge on any atom is -0.394 e. The average Bonchev–Trinajstić information content (AvgIpc) is 3.62. The van der Waals surface area contributed by atoms with Gasteiger partial charge in [-0.2, -0.15) is 0 Å². The Kier molecular flexibility index (Phi) is 11.1. The van der Waals surface area contributed by atoms with E-state index >= 15 is 0 Å². The van der Waals surface area contributed by atoms with Crippen LogP contribution in [0, 0.1) is 52.3 Å². The predicted molar refractivity (Wildman–Crippen MR) is 187 cm³/mol. The molecular weight excluding hydrogens is 724 g/mol. The van der Waals surface area contributed by atoms with E-state index in [1.165, 1.54) is 0 Å². The van der Waals surface area contributed by atoms with Gasteiger partial charge in [-0.1, -0.05) is 27.7 Å². The molecule has 16 nitrogen and oxygen atoms in total. The minimum atomic E-state index is -1.62. The maximum atomic E-state index is 12.1. The number of aliphatic hydroxyl groups excluding tert-OH is 10. The average molecular weight is 789 g/mol. The molecule has 4 heterocycles. The molecule has 55 heavy (non-hydrogen) atoms. The first kappa shape index (κ1) is 41.1. The Morgan fingerprint density at radius 2 is 1.25 bits per heavy atom. The highest BCUT2D eigenvalue weighted by Crippen LogP contribution is 2.71. The number of aliphatic hydroxyl groups is 10. The Balaban J connectivity index is 1.03. The van der Waals surface area contributed by atoms with Gasteiger partial charge in [0.2, 0.25) is 0 Å². The zero-order valence-corrected chi connectivity index (χ0v) is 32.2. The topological polar surface area (TPSA) is 258 Å². The predicted octanol–water partition coefficient (Wildman–Crippen LogP) is -1.65. The lowest BCUT2D eigenvalue weighted by Gasteiger charge is -2.63. The molecule has 0 bridgehead atoms. The van der Waals surface area contributed by atoms with Crippen LogP contribution in [0.2, 0.25) is 0 Å². The standard InChI is InChI=1S/C39H64O16/c1-15-14-50-39(34(49)33(15)54-36-32(48)30(46)28(44)25(13-41)53-36)16(2)26-23(55-39)11-20-18-10-22(51-35-31(47)29(45)27(43)24(12-40)52-35)21-9-17(42)5-7-37(21,3)19(18)6-8-38(20,26)4/h15-36,40-49H,5-14H2,1-4H3. The summed E-state index contributed by atoms with van der Waals surface area (Å²) < 4.78 is 37.7. The van der Waals surface area contributed by atoms with Crippen LogP contribution in [-0.4, -0.2) is 169 Å². The quantitative estimate of drug-likeness (QED) is 0.135. The molecule has 0 aromatic rings. The molecule has 8 aliphatic rings. The SMILES string of the molecule is CC1COC2(OC3CC4C5CC(OC6OC(CO)C(O)C(O)C6O)C6CC(O)CCC6(C)C5CCC4(C)C3C2C)C(O)C1OC1OC(CO)C(O)C(O)C1O. The van der Waals surface area contributed by atoms with Crippen LogP contribution in [0.3, 0.4) is 0 Å². The van der Waals surface area contributed by atoms with Gasteiger partial charge in [-0.05, 0) is 85.4 Å².